The minimum Gasteiger partial charge on any atom is -0.481 e. The van der Waals surface area contributed by atoms with Gasteiger partial charge in [-0.1, -0.05) is 39.3 Å². The molecule has 12 atom stereocenters. The fraction of sp³-hybridized carbons (Fsp3) is 0.909. The normalized spacial score (nSPS) is 45.2. The Morgan fingerprint density at radius 1 is 0.975 bits per heavy atom. The first kappa shape index (κ1) is 31.9. The first-order chi connectivity index (χ1) is 18.9. The quantitative estimate of drug-likeness (QED) is 0.225. The molecule has 0 aromatic heterocycles. The van der Waals surface area contributed by atoms with Crippen LogP contribution in [0.1, 0.15) is 92.9 Å². The lowest BCUT2D eigenvalue weighted by molar-refractivity contribution is -0.264. The Kier molecular flexibility index (Phi) is 9.84. The highest BCUT2D eigenvalue weighted by molar-refractivity contribution is 5.70. The molecule has 0 radical (unpaired) electrons. The van der Waals surface area contributed by atoms with E-state index in [1.54, 1.807) is 14.2 Å². The average molecular weight is 565 g/mol. The number of aliphatic carboxylic acids is 1. The molecule has 230 valence electrons. The van der Waals surface area contributed by atoms with E-state index in [0.29, 0.717) is 37.4 Å². The van der Waals surface area contributed by atoms with Crippen molar-refractivity contribution >= 4 is 5.97 Å². The first-order valence-electron chi connectivity index (χ1n) is 15.6. The zero-order valence-corrected chi connectivity index (χ0v) is 26.3. The maximum absolute atomic E-state index is 12.7. The third-order valence-corrected chi connectivity index (χ3v) is 12.5. The molecule has 0 amide bonds. The van der Waals surface area contributed by atoms with Crippen LogP contribution >= 0.6 is 0 Å². The molecule has 4 rings (SSSR count). The zero-order valence-electron chi connectivity index (χ0n) is 26.3. The Morgan fingerprint density at radius 3 is 2.23 bits per heavy atom. The van der Waals surface area contributed by atoms with Crippen LogP contribution in [0.5, 0.6) is 0 Å². The van der Waals surface area contributed by atoms with Gasteiger partial charge in [-0.3, -0.25) is 4.79 Å². The van der Waals surface area contributed by atoms with Gasteiger partial charge in [-0.15, -0.1) is 0 Å². The van der Waals surface area contributed by atoms with Crippen LogP contribution in [0.2, 0.25) is 0 Å². The van der Waals surface area contributed by atoms with Gasteiger partial charge < -0.3 is 29.2 Å². The van der Waals surface area contributed by atoms with E-state index >= 15 is 0 Å². The number of hydrogen-bond acceptors (Lipinski definition) is 6. The van der Waals surface area contributed by atoms with Crippen LogP contribution in [0.4, 0.5) is 0 Å². The van der Waals surface area contributed by atoms with Gasteiger partial charge in [0.1, 0.15) is 13.6 Å². The molecule has 0 aliphatic heterocycles. The molecule has 0 saturated heterocycles. The molecule has 4 fully saturated rings. The van der Waals surface area contributed by atoms with E-state index in [-0.39, 0.29) is 47.1 Å². The molecular weight excluding hydrogens is 508 g/mol. The van der Waals surface area contributed by atoms with Crippen LogP contribution in [-0.2, 0) is 23.7 Å². The number of allylic oxidation sites excluding steroid dienone is 2. The minimum absolute atomic E-state index is 0.0421. The topological polar surface area (TPSA) is 94.5 Å². The van der Waals surface area contributed by atoms with Gasteiger partial charge >= 0.3 is 5.97 Å². The van der Waals surface area contributed by atoms with E-state index in [1.807, 2.05) is 13.8 Å². The van der Waals surface area contributed by atoms with Gasteiger partial charge in [0.2, 0.25) is 0 Å². The van der Waals surface area contributed by atoms with Gasteiger partial charge in [0.05, 0.1) is 24.2 Å². The number of carboxylic acids is 1. The Hall–Kier alpha value is -0.990. The van der Waals surface area contributed by atoms with Crippen molar-refractivity contribution < 1.29 is 34.0 Å². The Balaban J connectivity index is 1.71. The van der Waals surface area contributed by atoms with Crippen molar-refractivity contribution in [2.75, 3.05) is 27.8 Å². The van der Waals surface area contributed by atoms with Crippen LogP contribution in [0.3, 0.4) is 0 Å². The van der Waals surface area contributed by atoms with Gasteiger partial charge in [-0.2, -0.15) is 0 Å². The highest BCUT2D eigenvalue weighted by Gasteiger charge is 2.72. The first-order valence-corrected chi connectivity index (χ1v) is 15.6. The summed E-state index contributed by atoms with van der Waals surface area (Å²) in [5.74, 6) is -0.328. The van der Waals surface area contributed by atoms with E-state index in [0.717, 1.165) is 38.5 Å². The largest absolute Gasteiger partial charge is 0.481 e. The SMILES string of the molecule is COCOC1CC2C(C(CCC=C(C)C)C(=O)O)[C@@H](O)C[C@]2(C)C2(C)CCC3C(C)[C@H](OCOC)CC[C@]3(C)C12. The van der Waals surface area contributed by atoms with Crippen LogP contribution in [0, 0.1) is 51.8 Å². The predicted molar refractivity (Wildman–Crippen MR) is 154 cm³/mol. The summed E-state index contributed by atoms with van der Waals surface area (Å²) in [6.07, 6.45) is 8.59. The fourth-order valence-electron chi connectivity index (χ4n) is 10.7. The molecule has 2 N–H and O–H groups in total. The molecule has 0 aromatic rings. The molecule has 8 unspecified atom stereocenters. The lowest BCUT2D eigenvalue weighted by Gasteiger charge is -2.69. The van der Waals surface area contributed by atoms with Crippen molar-refractivity contribution in [1.82, 2.24) is 0 Å². The standard InChI is InChI=1S/C33H56O7/c1-20(2)10-9-11-22(30(35)36)28-24-16-27(40-19-38-8)29-31(4)14-13-26(39-18-37-7)21(3)23(31)12-15-32(29,5)33(24,6)17-25(28)34/h10,21-29,34H,9,11-19H2,1-8H3,(H,35,36)/t21?,22?,23?,24?,25-,26+,27?,28?,29?,31-,32?,33-/m0/s1. The summed E-state index contributed by atoms with van der Waals surface area (Å²) in [7, 11) is 3.35. The van der Waals surface area contributed by atoms with E-state index in [9.17, 15) is 15.0 Å². The summed E-state index contributed by atoms with van der Waals surface area (Å²) >= 11 is 0. The number of aliphatic hydroxyl groups is 1. The predicted octanol–water partition coefficient (Wildman–Crippen LogP) is 6.29. The number of carboxylic acid groups (broad SMARTS) is 1. The number of hydrogen-bond donors (Lipinski definition) is 2. The van der Waals surface area contributed by atoms with Crippen molar-refractivity contribution in [3.8, 4) is 0 Å². The molecule has 40 heavy (non-hydrogen) atoms. The Labute approximate surface area is 242 Å². The number of methoxy groups -OCH3 is 2. The summed E-state index contributed by atoms with van der Waals surface area (Å²) in [4.78, 5) is 12.7. The second kappa shape index (κ2) is 12.3. The average Bonchev–Trinajstić information content (AvgIpc) is 3.14. The third-order valence-electron chi connectivity index (χ3n) is 12.5. The van der Waals surface area contributed by atoms with Crippen LogP contribution < -0.4 is 0 Å². The second-order valence-corrected chi connectivity index (χ2v) is 14.6. The fourth-order valence-corrected chi connectivity index (χ4v) is 10.7. The van der Waals surface area contributed by atoms with Crippen LogP contribution in [0.15, 0.2) is 11.6 Å². The summed E-state index contributed by atoms with van der Waals surface area (Å²) in [5.41, 5.74) is 1.01. The van der Waals surface area contributed by atoms with E-state index in [4.69, 9.17) is 18.9 Å². The van der Waals surface area contributed by atoms with Crippen molar-refractivity contribution in [2.45, 2.75) is 111 Å². The molecule has 4 aliphatic rings. The molecule has 7 heteroatoms. The van der Waals surface area contributed by atoms with E-state index < -0.39 is 18.0 Å². The summed E-state index contributed by atoms with van der Waals surface area (Å²) in [5, 5.41) is 22.1. The van der Waals surface area contributed by atoms with Crippen molar-refractivity contribution in [3.63, 3.8) is 0 Å². The van der Waals surface area contributed by atoms with Crippen LogP contribution in [0.25, 0.3) is 0 Å². The van der Waals surface area contributed by atoms with Gasteiger partial charge in [0, 0.05) is 20.1 Å². The Bertz CT molecular complexity index is 916. The number of ether oxygens (including phenoxy) is 4. The van der Waals surface area contributed by atoms with Crippen molar-refractivity contribution in [2.24, 2.45) is 51.8 Å². The second-order valence-electron chi connectivity index (χ2n) is 14.6. The Morgan fingerprint density at radius 2 is 1.62 bits per heavy atom. The van der Waals surface area contributed by atoms with Crippen LogP contribution in [-0.4, -0.2) is 62.3 Å². The molecular formula is C33H56O7. The number of carbonyl (C=O) groups is 1. The molecule has 4 aliphatic carbocycles. The number of rotatable bonds is 11. The van der Waals surface area contributed by atoms with E-state index in [2.05, 4.69) is 33.8 Å². The highest BCUT2D eigenvalue weighted by Crippen LogP contribution is 2.75. The van der Waals surface area contributed by atoms with E-state index in [1.165, 1.54) is 5.57 Å². The molecule has 0 aromatic carbocycles. The van der Waals surface area contributed by atoms with Gasteiger partial charge in [-0.25, -0.2) is 0 Å². The summed E-state index contributed by atoms with van der Waals surface area (Å²) in [6, 6.07) is 0. The van der Waals surface area contributed by atoms with Gasteiger partial charge in [0.15, 0.2) is 0 Å². The van der Waals surface area contributed by atoms with Gasteiger partial charge in [-0.05, 0) is 105 Å². The lowest BCUT2D eigenvalue weighted by Crippen LogP contribution is -2.66. The smallest absolute Gasteiger partial charge is 0.306 e. The summed E-state index contributed by atoms with van der Waals surface area (Å²) in [6.45, 7) is 14.3. The number of fused-ring (bicyclic) bond motifs is 5. The third kappa shape index (κ3) is 5.32. The molecule has 0 spiro atoms. The molecule has 0 heterocycles. The van der Waals surface area contributed by atoms with Gasteiger partial charge in [0.25, 0.3) is 0 Å². The number of aliphatic hydroxyl groups excluding tert-OH is 1. The lowest BCUT2D eigenvalue weighted by atomic mass is 9.36. The molecule has 7 nitrogen and oxygen atoms in total. The van der Waals surface area contributed by atoms with Crippen molar-refractivity contribution in [3.05, 3.63) is 11.6 Å². The summed E-state index contributed by atoms with van der Waals surface area (Å²) < 4.78 is 23.4. The monoisotopic (exact) mass is 564 g/mol. The maximum atomic E-state index is 12.7. The van der Waals surface area contributed by atoms with Crippen molar-refractivity contribution in [1.29, 1.82) is 0 Å². The zero-order chi connectivity index (χ0) is 29.5. The minimum atomic E-state index is -0.782. The molecule has 4 saturated carbocycles. The maximum Gasteiger partial charge on any atom is 0.306 e. The highest BCUT2D eigenvalue weighted by atomic mass is 16.7. The molecule has 0 bridgehead atoms.